The van der Waals surface area contributed by atoms with Gasteiger partial charge in [-0.25, -0.2) is 0 Å². The molecule has 0 saturated carbocycles. The summed E-state index contributed by atoms with van der Waals surface area (Å²) in [7, 11) is 0. The Balaban J connectivity index is 1.70. The molecule has 3 rings (SSSR count). The van der Waals surface area contributed by atoms with Crippen LogP contribution in [0.2, 0.25) is 0 Å². The van der Waals surface area contributed by atoms with E-state index in [4.69, 9.17) is 0 Å². The molecule has 0 aliphatic heterocycles. The van der Waals surface area contributed by atoms with Crippen LogP contribution in [0.3, 0.4) is 0 Å². The molecule has 0 spiro atoms. The Morgan fingerprint density at radius 1 is 0.958 bits per heavy atom. The Morgan fingerprint density at radius 3 is 2.12 bits per heavy atom. The van der Waals surface area contributed by atoms with Crippen LogP contribution in [0.1, 0.15) is 50.2 Å². The lowest BCUT2D eigenvalue weighted by Gasteiger charge is -2.20. The number of hydrogen-bond donors (Lipinski definition) is 0. The predicted molar refractivity (Wildman–Crippen MR) is 106 cm³/mol. The molecule has 0 saturated heterocycles. The minimum absolute atomic E-state index is 0.896. The van der Waals surface area contributed by atoms with Crippen molar-refractivity contribution in [2.24, 2.45) is 5.92 Å². The van der Waals surface area contributed by atoms with Crippen molar-refractivity contribution < 1.29 is 0 Å². The molecule has 0 fully saturated rings. The molecule has 24 heavy (non-hydrogen) atoms. The van der Waals surface area contributed by atoms with Crippen LogP contribution < -0.4 is 0 Å². The first-order valence-corrected chi connectivity index (χ1v) is 9.30. The Hall–Kier alpha value is -2.08. The van der Waals surface area contributed by atoms with E-state index in [1.54, 1.807) is 0 Å². The quantitative estimate of drug-likeness (QED) is 0.500. The SMILES string of the molecule is C=CCCc1ccc(-c2ccc(C3=CCC(CC)CC3)cc2)cc1. The van der Waals surface area contributed by atoms with Crippen LogP contribution in [0, 0.1) is 5.92 Å². The topological polar surface area (TPSA) is 0 Å². The normalized spacial score (nSPS) is 17.4. The summed E-state index contributed by atoms with van der Waals surface area (Å²) in [5, 5.41) is 0. The van der Waals surface area contributed by atoms with Crippen molar-refractivity contribution in [3.05, 3.63) is 78.4 Å². The van der Waals surface area contributed by atoms with Gasteiger partial charge in [0.2, 0.25) is 0 Å². The summed E-state index contributed by atoms with van der Waals surface area (Å²) >= 11 is 0. The highest BCUT2D eigenvalue weighted by Crippen LogP contribution is 2.32. The van der Waals surface area contributed by atoms with Crippen LogP contribution in [0.5, 0.6) is 0 Å². The minimum Gasteiger partial charge on any atom is -0.103 e. The second-order valence-electron chi connectivity index (χ2n) is 6.88. The fourth-order valence-electron chi connectivity index (χ4n) is 3.53. The molecular weight excluding hydrogens is 288 g/mol. The number of aryl methyl sites for hydroxylation is 1. The second-order valence-corrected chi connectivity index (χ2v) is 6.88. The Labute approximate surface area is 146 Å². The average Bonchev–Trinajstić information content (AvgIpc) is 2.67. The highest BCUT2D eigenvalue weighted by atomic mass is 14.2. The zero-order valence-electron chi connectivity index (χ0n) is 14.8. The van der Waals surface area contributed by atoms with Crippen LogP contribution in [0.15, 0.2) is 67.3 Å². The fourth-order valence-corrected chi connectivity index (χ4v) is 3.53. The number of allylic oxidation sites excluding steroid dienone is 3. The lowest BCUT2D eigenvalue weighted by Crippen LogP contribution is -2.03. The van der Waals surface area contributed by atoms with Gasteiger partial charge in [-0.3, -0.25) is 0 Å². The van der Waals surface area contributed by atoms with Crippen LogP contribution >= 0.6 is 0 Å². The maximum Gasteiger partial charge on any atom is -0.0184 e. The molecular formula is C24H28. The van der Waals surface area contributed by atoms with E-state index < -0.39 is 0 Å². The van der Waals surface area contributed by atoms with Gasteiger partial charge in [0.05, 0.1) is 0 Å². The smallest absolute Gasteiger partial charge is 0.0184 e. The molecule has 2 aromatic carbocycles. The van der Waals surface area contributed by atoms with Crippen molar-refractivity contribution in [2.75, 3.05) is 0 Å². The largest absolute Gasteiger partial charge is 0.103 e. The number of rotatable bonds is 6. The van der Waals surface area contributed by atoms with Crippen molar-refractivity contribution in [1.82, 2.24) is 0 Å². The number of benzene rings is 2. The van der Waals surface area contributed by atoms with E-state index in [2.05, 4.69) is 68.1 Å². The van der Waals surface area contributed by atoms with Gasteiger partial charge in [-0.15, -0.1) is 6.58 Å². The van der Waals surface area contributed by atoms with Gasteiger partial charge in [-0.1, -0.05) is 74.0 Å². The zero-order chi connectivity index (χ0) is 16.8. The van der Waals surface area contributed by atoms with Crippen LogP contribution in [-0.2, 0) is 6.42 Å². The standard InChI is InChI=1S/C24H28/c1-3-5-6-20-9-13-22(14-10-20)24-17-15-23(16-18-24)21-11-7-19(4-2)8-12-21/h3,9-11,13-19H,1,4-8,12H2,2H3. The first-order valence-electron chi connectivity index (χ1n) is 9.30. The Kier molecular flexibility index (Phi) is 5.69. The lowest BCUT2D eigenvalue weighted by molar-refractivity contribution is 0.471. The molecule has 1 atom stereocenters. The molecule has 0 N–H and O–H groups in total. The molecule has 0 aromatic heterocycles. The zero-order valence-corrected chi connectivity index (χ0v) is 14.8. The maximum atomic E-state index is 3.79. The van der Waals surface area contributed by atoms with Crippen molar-refractivity contribution in [2.45, 2.75) is 45.4 Å². The minimum atomic E-state index is 0.896. The highest BCUT2D eigenvalue weighted by Gasteiger charge is 2.13. The summed E-state index contributed by atoms with van der Waals surface area (Å²) in [5.41, 5.74) is 6.92. The Morgan fingerprint density at radius 2 is 1.58 bits per heavy atom. The van der Waals surface area contributed by atoms with E-state index in [9.17, 15) is 0 Å². The Bertz CT molecular complexity index is 686. The molecule has 0 radical (unpaired) electrons. The highest BCUT2D eigenvalue weighted by molar-refractivity contribution is 5.71. The van der Waals surface area contributed by atoms with E-state index in [0.717, 1.165) is 18.8 Å². The van der Waals surface area contributed by atoms with Crippen molar-refractivity contribution >= 4 is 5.57 Å². The van der Waals surface area contributed by atoms with Gasteiger partial charge in [0, 0.05) is 0 Å². The van der Waals surface area contributed by atoms with Gasteiger partial charge in [0.15, 0.2) is 0 Å². The molecule has 1 aliphatic rings. The summed E-state index contributed by atoms with van der Waals surface area (Å²) in [4.78, 5) is 0. The first kappa shape index (κ1) is 16.8. The van der Waals surface area contributed by atoms with Gasteiger partial charge < -0.3 is 0 Å². The second kappa shape index (κ2) is 8.15. The lowest BCUT2D eigenvalue weighted by atomic mass is 9.85. The van der Waals surface area contributed by atoms with Crippen molar-refractivity contribution in [3.63, 3.8) is 0 Å². The summed E-state index contributed by atoms with van der Waals surface area (Å²) < 4.78 is 0. The predicted octanol–water partition coefficient (Wildman–Crippen LogP) is 7.07. The van der Waals surface area contributed by atoms with E-state index in [1.807, 2.05) is 6.08 Å². The molecule has 124 valence electrons. The van der Waals surface area contributed by atoms with Gasteiger partial charge in [-0.2, -0.15) is 0 Å². The first-order chi connectivity index (χ1) is 11.8. The summed E-state index contributed by atoms with van der Waals surface area (Å²) in [6, 6.07) is 18.1. The fraction of sp³-hybridized carbons (Fsp3) is 0.333. The van der Waals surface area contributed by atoms with Crippen LogP contribution in [0.25, 0.3) is 16.7 Å². The van der Waals surface area contributed by atoms with Gasteiger partial charge in [-0.05, 0) is 65.8 Å². The number of hydrogen-bond acceptors (Lipinski definition) is 0. The molecule has 0 nitrogen and oxygen atoms in total. The van der Waals surface area contributed by atoms with Crippen LogP contribution in [-0.4, -0.2) is 0 Å². The van der Waals surface area contributed by atoms with Gasteiger partial charge in [0.25, 0.3) is 0 Å². The monoisotopic (exact) mass is 316 g/mol. The third-order valence-electron chi connectivity index (χ3n) is 5.28. The van der Waals surface area contributed by atoms with Crippen molar-refractivity contribution in [3.8, 4) is 11.1 Å². The van der Waals surface area contributed by atoms with Crippen LogP contribution in [0.4, 0.5) is 0 Å². The molecule has 1 aliphatic carbocycles. The van der Waals surface area contributed by atoms with E-state index in [1.165, 1.54) is 53.5 Å². The maximum absolute atomic E-state index is 3.79. The third-order valence-corrected chi connectivity index (χ3v) is 5.28. The van der Waals surface area contributed by atoms with Crippen molar-refractivity contribution in [1.29, 1.82) is 0 Å². The third kappa shape index (κ3) is 4.06. The molecule has 1 unspecified atom stereocenters. The summed E-state index contributed by atoms with van der Waals surface area (Å²) in [5.74, 6) is 0.896. The van der Waals surface area contributed by atoms with E-state index >= 15 is 0 Å². The van der Waals surface area contributed by atoms with E-state index in [0.29, 0.717) is 0 Å². The van der Waals surface area contributed by atoms with Gasteiger partial charge >= 0.3 is 0 Å². The average molecular weight is 316 g/mol. The van der Waals surface area contributed by atoms with Gasteiger partial charge in [0.1, 0.15) is 0 Å². The molecule has 2 aromatic rings. The summed E-state index contributed by atoms with van der Waals surface area (Å²) in [6.45, 7) is 6.10. The molecule has 0 amide bonds. The molecule has 0 heterocycles. The summed E-state index contributed by atoms with van der Waals surface area (Å²) in [6.07, 6.45) is 11.7. The molecule has 0 heteroatoms. The molecule has 0 bridgehead atoms. The van der Waals surface area contributed by atoms with E-state index in [-0.39, 0.29) is 0 Å².